The van der Waals surface area contributed by atoms with E-state index >= 15 is 0 Å². The molecule has 0 bridgehead atoms. The minimum atomic E-state index is -0.888. The van der Waals surface area contributed by atoms with Crippen molar-refractivity contribution in [3.63, 3.8) is 0 Å². The normalized spacial score (nSPS) is 11.0. The van der Waals surface area contributed by atoms with Crippen LogP contribution in [0.1, 0.15) is 49.3 Å². The second-order valence-electron chi connectivity index (χ2n) is 5.09. The van der Waals surface area contributed by atoms with Crippen LogP contribution in [0, 0.1) is 0 Å². The van der Waals surface area contributed by atoms with Crippen molar-refractivity contribution in [1.29, 1.82) is 0 Å². The number of aromatic nitrogens is 2. The highest BCUT2D eigenvalue weighted by Crippen LogP contribution is 2.20. The molecule has 0 saturated heterocycles. The summed E-state index contributed by atoms with van der Waals surface area (Å²) in [6.07, 6.45) is 3.18. The first-order valence-corrected chi connectivity index (χ1v) is 7.31. The third-order valence-electron chi connectivity index (χ3n) is 3.52. The Morgan fingerprint density at radius 1 is 1.29 bits per heavy atom. The molecular weight excluding hydrogens is 268 g/mol. The molecule has 0 spiro atoms. The van der Waals surface area contributed by atoms with Crippen LogP contribution < -0.4 is 0 Å². The van der Waals surface area contributed by atoms with E-state index in [1.807, 2.05) is 6.92 Å². The fourth-order valence-electron chi connectivity index (χ4n) is 2.39. The molecule has 1 heterocycles. The molecule has 0 saturated carbocycles. The second-order valence-corrected chi connectivity index (χ2v) is 5.09. The van der Waals surface area contributed by atoms with Gasteiger partial charge in [-0.2, -0.15) is 0 Å². The average Bonchev–Trinajstić information content (AvgIpc) is 2.80. The molecule has 0 aliphatic heterocycles. The quantitative estimate of drug-likeness (QED) is 0.795. The molecule has 1 N–H and O–H groups in total. The number of Topliss-reactive ketones (excluding diaryl/α,β-unsaturated/α-hetero) is 1. The first-order chi connectivity index (χ1) is 10.1. The summed E-state index contributed by atoms with van der Waals surface area (Å²) < 4.78 is 1.73. The lowest BCUT2D eigenvalue weighted by molar-refractivity contribution is -0.137. The molecule has 0 unspecified atom stereocenters. The number of aliphatic carboxylic acids is 1. The number of fused-ring (bicyclic) bond motifs is 1. The molecule has 1 aromatic carbocycles. The molecule has 5 nitrogen and oxygen atoms in total. The predicted molar refractivity (Wildman–Crippen MR) is 80.6 cm³/mol. The lowest BCUT2D eigenvalue weighted by Crippen LogP contribution is -2.12. The average molecular weight is 288 g/mol. The second kappa shape index (κ2) is 6.52. The van der Waals surface area contributed by atoms with Crippen LogP contribution >= 0.6 is 0 Å². The molecule has 0 amide bonds. The Kier molecular flexibility index (Phi) is 4.73. The van der Waals surface area contributed by atoms with Crippen LogP contribution in [0.4, 0.5) is 0 Å². The Balaban J connectivity index is 2.49. The van der Waals surface area contributed by atoms with Crippen LogP contribution in [0.3, 0.4) is 0 Å². The Morgan fingerprint density at radius 3 is 2.67 bits per heavy atom. The van der Waals surface area contributed by atoms with Crippen molar-refractivity contribution in [2.24, 2.45) is 0 Å². The van der Waals surface area contributed by atoms with Gasteiger partial charge in [-0.15, -0.1) is 0 Å². The number of carbonyl (C=O) groups excluding carboxylic acids is 1. The van der Waals surface area contributed by atoms with Gasteiger partial charge in [0.1, 0.15) is 12.4 Å². The van der Waals surface area contributed by atoms with Crippen molar-refractivity contribution >= 4 is 22.8 Å². The van der Waals surface area contributed by atoms with Crippen LogP contribution in [-0.2, 0) is 17.8 Å². The van der Waals surface area contributed by atoms with E-state index in [9.17, 15) is 9.59 Å². The van der Waals surface area contributed by atoms with Crippen molar-refractivity contribution in [3.05, 3.63) is 29.6 Å². The Hall–Kier alpha value is -2.17. The van der Waals surface area contributed by atoms with Crippen LogP contribution in [0.15, 0.2) is 18.2 Å². The summed E-state index contributed by atoms with van der Waals surface area (Å²) in [4.78, 5) is 27.4. The minimum absolute atomic E-state index is 0.0693. The standard InChI is InChI=1S/C16H20N2O3/c1-3-5-6-15-17-12-9-11(14(19)4-2)7-8-13(12)18(15)10-16(20)21/h7-9H,3-6,10H2,1-2H3,(H,20,21). The summed E-state index contributed by atoms with van der Waals surface area (Å²) in [5.41, 5.74) is 2.10. The van der Waals surface area contributed by atoms with E-state index in [0.29, 0.717) is 17.5 Å². The maximum absolute atomic E-state index is 11.8. The zero-order chi connectivity index (χ0) is 15.4. The lowest BCUT2D eigenvalue weighted by Gasteiger charge is -2.06. The summed E-state index contributed by atoms with van der Waals surface area (Å²) in [7, 11) is 0. The van der Waals surface area contributed by atoms with Gasteiger partial charge in [-0.3, -0.25) is 9.59 Å². The number of aryl methyl sites for hydroxylation is 1. The molecule has 0 fully saturated rings. The topological polar surface area (TPSA) is 72.2 Å². The van der Waals surface area contributed by atoms with E-state index in [1.165, 1.54) is 0 Å². The van der Waals surface area contributed by atoms with E-state index in [4.69, 9.17) is 5.11 Å². The minimum Gasteiger partial charge on any atom is -0.480 e. The van der Waals surface area contributed by atoms with Gasteiger partial charge >= 0.3 is 5.97 Å². The maximum atomic E-state index is 11.8. The fraction of sp³-hybridized carbons (Fsp3) is 0.438. The highest BCUT2D eigenvalue weighted by atomic mass is 16.4. The van der Waals surface area contributed by atoms with Gasteiger partial charge < -0.3 is 9.67 Å². The number of carboxylic acids is 1. The van der Waals surface area contributed by atoms with Crippen molar-refractivity contribution in [1.82, 2.24) is 9.55 Å². The van der Waals surface area contributed by atoms with Crippen LogP contribution in [0.2, 0.25) is 0 Å². The Bertz CT molecular complexity index is 673. The fourth-order valence-corrected chi connectivity index (χ4v) is 2.39. The van der Waals surface area contributed by atoms with E-state index in [2.05, 4.69) is 11.9 Å². The molecule has 1 aromatic heterocycles. The molecular formula is C16H20N2O3. The van der Waals surface area contributed by atoms with Gasteiger partial charge in [-0.1, -0.05) is 20.3 Å². The number of nitrogens with zero attached hydrogens (tertiary/aromatic N) is 2. The molecule has 2 rings (SSSR count). The summed E-state index contributed by atoms with van der Waals surface area (Å²) in [5, 5.41) is 9.07. The Morgan fingerprint density at radius 2 is 2.05 bits per heavy atom. The molecule has 0 atom stereocenters. The monoisotopic (exact) mass is 288 g/mol. The number of benzene rings is 1. The number of rotatable bonds is 7. The lowest BCUT2D eigenvalue weighted by atomic mass is 10.1. The number of carbonyl (C=O) groups is 2. The van der Waals surface area contributed by atoms with E-state index in [-0.39, 0.29) is 12.3 Å². The molecule has 112 valence electrons. The van der Waals surface area contributed by atoms with Gasteiger partial charge in [0.05, 0.1) is 11.0 Å². The first-order valence-electron chi connectivity index (χ1n) is 7.31. The van der Waals surface area contributed by atoms with Crippen LogP contribution in [0.5, 0.6) is 0 Å². The molecule has 2 aromatic rings. The van der Waals surface area contributed by atoms with Gasteiger partial charge in [-0.05, 0) is 24.6 Å². The smallest absolute Gasteiger partial charge is 0.323 e. The van der Waals surface area contributed by atoms with Crippen molar-refractivity contribution in [3.8, 4) is 0 Å². The van der Waals surface area contributed by atoms with Gasteiger partial charge in [0, 0.05) is 18.4 Å². The molecule has 0 aliphatic rings. The van der Waals surface area contributed by atoms with Gasteiger partial charge in [0.2, 0.25) is 0 Å². The highest BCUT2D eigenvalue weighted by molar-refractivity contribution is 5.98. The van der Waals surface area contributed by atoms with Gasteiger partial charge in [0.15, 0.2) is 5.78 Å². The highest BCUT2D eigenvalue weighted by Gasteiger charge is 2.14. The van der Waals surface area contributed by atoms with Gasteiger partial charge in [-0.25, -0.2) is 4.98 Å². The summed E-state index contributed by atoms with van der Waals surface area (Å²) >= 11 is 0. The summed E-state index contributed by atoms with van der Waals surface area (Å²) in [5.74, 6) is -0.0455. The number of carboxylic acid groups (broad SMARTS) is 1. The largest absolute Gasteiger partial charge is 0.480 e. The zero-order valence-corrected chi connectivity index (χ0v) is 12.4. The number of hydrogen-bond donors (Lipinski definition) is 1. The molecule has 21 heavy (non-hydrogen) atoms. The van der Waals surface area contributed by atoms with E-state index in [1.54, 1.807) is 22.8 Å². The number of hydrogen-bond acceptors (Lipinski definition) is 3. The van der Waals surface area contributed by atoms with Crippen molar-refractivity contribution in [2.45, 2.75) is 46.1 Å². The first kappa shape index (κ1) is 15.2. The maximum Gasteiger partial charge on any atom is 0.323 e. The Labute approximate surface area is 123 Å². The van der Waals surface area contributed by atoms with Gasteiger partial charge in [0.25, 0.3) is 0 Å². The van der Waals surface area contributed by atoms with E-state index in [0.717, 1.165) is 30.6 Å². The molecule has 0 aliphatic carbocycles. The molecule has 0 radical (unpaired) electrons. The van der Waals surface area contributed by atoms with Crippen LogP contribution in [-0.4, -0.2) is 26.4 Å². The molecule has 5 heteroatoms. The number of imidazole rings is 1. The third kappa shape index (κ3) is 3.29. The third-order valence-corrected chi connectivity index (χ3v) is 3.52. The SMILES string of the molecule is CCCCc1nc2cc(C(=O)CC)ccc2n1CC(=O)O. The number of ketones is 1. The van der Waals surface area contributed by atoms with Crippen molar-refractivity contribution in [2.75, 3.05) is 0 Å². The number of unbranched alkanes of at least 4 members (excludes halogenated alkanes) is 1. The summed E-state index contributed by atoms with van der Waals surface area (Å²) in [6, 6.07) is 5.30. The zero-order valence-electron chi connectivity index (χ0n) is 12.4. The predicted octanol–water partition coefficient (Wildman–Crippen LogP) is 3.06. The van der Waals surface area contributed by atoms with Crippen molar-refractivity contribution < 1.29 is 14.7 Å². The van der Waals surface area contributed by atoms with Crippen LogP contribution in [0.25, 0.3) is 11.0 Å². The summed E-state index contributed by atoms with van der Waals surface area (Å²) in [6.45, 7) is 3.81. The van der Waals surface area contributed by atoms with E-state index < -0.39 is 5.97 Å².